The lowest BCUT2D eigenvalue weighted by molar-refractivity contribution is 0.0948. The van der Waals surface area contributed by atoms with Crippen LogP contribution in [0.25, 0.3) is 10.9 Å². The van der Waals surface area contributed by atoms with Crippen LogP contribution < -0.4 is 10.1 Å². The lowest BCUT2D eigenvalue weighted by Crippen LogP contribution is -2.23. The van der Waals surface area contributed by atoms with Crippen molar-refractivity contribution in [3.8, 4) is 23.3 Å². The van der Waals surface area contributed by atoms with E-state index < -0.39 is 5.91 Å². The van der Waals surface area contributed by atoms with Crippen LogP contribution in [-0.4, -0.2) is 34.8 Å². The Kier molecular flexibility index (Phi) is 5.99. The van der Waals surface area contributed by atoms with Crippen molar-refractivity contribution in [2.45, 2.75) is 6.54 Å². The summed E-state index contributed by atoms with van der Waals surface area (Å²) in [6.45, 7) is -0.0173. The third-order valence-corrected chi connectivity index (χ3v) is 4.30. The van der Waals surface area contributed by atoms with Gasteiger partial charge in [-0.05, 0) is 29.8 Å². The molecule has 2 aromatic carbocycles. The molecule has 0 spiro atoms. The van der Waals surface area contributed by atoms with E-state index in [1.807, 2.05) is 0 Å². The quantitative estimate of drug-likeness (QED) is 0.590. The highest BCUT2D eigenvalue weighted by molar-refractivity contribution is 6.30. The maximum absolute atomic E-state index is 12.5. The lowest BCUT2D eigenvalue weighted by Gasteiger charge is -2.11. The molecule has 1 heterocycles. The Morgan fingerprint density at radius 3 is 2.71 bits per heavy atom. The lowest BCUT2D eigenvalue weighted by atomic mass is 10.1. The number of rotatable bonds is 4. The van der Waals surface area contributed by atoms with E-state index in [4.69, 9.17) is 21.4 Å². The Bertz CT molecular complexity index is 1090. The van der Waals surface area contributed by atoms with Gasteiger partial charge in [-0.3, -0.25) is 9.78 Å². The number of halogens is 1. The zero-order valence-corrected chi connectivity index (χ0v) is 15.7. The van der Waals surface area contributed by atoms with Crippen LogP contribution in [0.2, 0.25) is 5.02 Å². The van der Waals surface area contributed by atoms with Crippen molar-refractivity contribution in [1.29, 1.82) is 0 Å². The maximum atomic E-state index is 12.5. The van der Waals surface area contributed by atoms with Gasteiger partial charge in [0.15, 0.2) is 0 Å². The number of nitrogens with zero attached hydrogens (tertiary/aromatic N) is 1. The number of hydrogen-bond acceptors (Lipinski definition) is 5. The van der Waals surface area contributed by atoms with E-state index in [-0.39, 0.29) is 24.5 Å². The summed E-state index contributed by atoms with van der Waals surface area (Å²) < 4.78 is 5.30. The van der Waals surface area contributed by atoms with Crippen molar-refractivity contribution in [2.75, 3.05) is 13.7 Å². The average Bonchev–Trinajstić information content (AvgIpc) is 2.71. The number of aliphatic hydroxyl groups is 1. The molecule has 28 heavy (non-hydrogen) atoms. The van der Waals surface area contributed by atoms with Gasteiger partial charge in [0.2, 0.25) is 0 Å². The fraction of sp³-hybridized carbons (Fsp3) is 0.143. The summed E-state index contributed by atoms with van der Waals surface area (Å²) in [6, 6.07) is 10.3. The summed E-state index contributed by atoms with van der Waals surface area (Å²) >= 11 is 5.85. The Balaban J connectivity index is 1.93. The second-order valence-electron chi connectivity index (χ2n) is 5.86. The van der Waals surface area contributed by atoms with Crippen LogP contribution >= 0.6 is 11.6 Å². The van der Waals surface area contributed by atoms with Gasteiger partial charge in [0, 0.05) is 28.7 Å². The van der Waals surface area contributed by atoms with Crippen LogP contribution in [0.1, 0.15) is 21.5 Å². The van der Waals surface area contributed by atoms with Crippen LogP contribution in [0, 0.1) is 11.8 Å². The first-order valence-corrected chi connectivity index (χ1v) is 8.73. The summed E-state index contributed by atoms with van der Waals surface area (Å²) in [4.78, 5) is 16.8. The molecular formula is C21H17ClN2O4. The van der Waals surface area contributed by atoms with Gasteiger partial charge in [0.25, 0.3) is 5.91 Å². The van der Waals surface area contributed by atoms with Crippen molar-refractivity contribution >= 4 is 28.4 Å². The number of aromatic hydroxyl groups is 1. The molecule has 0 unspecified atom stereocenters. The second kappa shape index (κ2) is 8.61. The minimum absolute atomic E-state index is 0.0378. The number of amides is 1. The van der Waals surface area contributed by atoms with E-state index in [0.717, 1.165) is 5.56 Å². The number of carbonyl (C=O) groups excluding carboxylic acids is 1. The molecule has 1 amide bonds. The van der Waals surface area contributed by atoms with Crippen molar-refractivity contribution in [1.82, 2.24) is 10.3 Å². The molecule has 7 heteroatoms. The van der Waals surface area contributed by atoms with Crippen LogP contribution in [0.4, 0.5) is 0 Å². The SMILES string of the molecule is COc1cc(C#CCO)cc2c(O)c(C(=O)NCc3ccc(Cl)cc3)cnc12. The zero-order valence-electron chi connectivity index (χ0n) is 15.0. The van der Waals surface area contributed by atoms with Crippen LogP contribution in [0.15, 0.2) is 42.6 Å². The molecule has 6 nitrogen and oxygen atoms in total. The molecule has 0 bridgehead atoms. The Hall–Kier alpha value is -3.27. The van der Waals surface area contributed by atoms with E-state index in [1.165, 1.54) is 13.3 Å². The van der Waals surface area contributed by atoms with Gasteiger partial charge in [0.05, 0.1) is 7.11 Å². The number of hydrogen-bond donors (Lipinski definition) is 3. The summed E-state index contributed by atoms with van der Waals surface area (Å²) in [5.41, 5.74) is 1.84. The average molecular weight is 397 g/mol. The standard InChI is InChI=1S/C21H17ClN2O4/c1-28-18-10-14(3-2-8-25)9-16-19(18)23-12-17(20(16)26)21(27)24-11-13-4-6-15(22)7-5-13/h4-7,9-10,12,25H,8,11H2,1H3,(H,23,26)(H,24,27). The molecule has 0 fully saturated rings. The van der Waals surface area contributed by atoms with Gasteiger partial charge in [0.1, 0.15) is 29.2 Å². The van der Waals surface area contributed by atoms with Crippen LogP contribution in [0.3, 0.4) is 0 Å². The summed E-state index contributed by atoms with van der Waals surface area (Å²) in [5.74, 6) is 5.02. The molecule has 3 aromatic rings. The van der Waals surface area contributed by atoms with Gasteiger partial charge >= 0.3 is 0 Å². The highest BCUT2D eigenvalue weighted by Crippen LogP contribution is 2.33. The minimum Gasteiger partial charge on any atom is -0.506 e. The van der Waals surface area contributed by atoms with Gasteiger partial charge in [-0.25, -0.2) is 0 Å². The van der Waals surface area contributed by atoms with Crippen molar-refractivity contribution in [2.24, 2.45) is 0 Å². The molecule has 3 N–H and O–H groups in total. The monoisotopic (exact) mass is 396 g/mol. The molecule has 1 aromatic heterocycles. The largest absolute Gasteiger partial charge is 0.506 e. The number of methoxy groups -OCH3 is 1. The fourth-order valence-electron chi connectivity index (χ4n) is 2.67. The van der Waals surface area contributed by atoms with Gasteiger partial charge < -0.3 is 20.3 Å². The fourth-order valence-corrected chi connectivity index (χ4v) is 2.80. The maximum Gasteiger partial charge on any atom is 0.256 e. The molecule has 0 atom stereocenters. The van der Waals surface area contributed by atoms with Gasteiger partial charge in [-0.1, -0.05) is 35.6 Å². The summed E-state index contributed by atoms with van der Waals surface area (Å²) in [7, 11) is 1.48. The molecule has 0 aliphatic rings. The van der Waals surface area contributed by atoms with Crippen LogP contribution in [0.5, 0.6) is 11.5 Å². The number of carbonyl (C=O) groups is 1. The first-order valence-electron chi connectivity index (χ1n) is 8.35. The topological polar surface area (TPSA) is 91.7 Å². The number of aromatic nitrogens is 1. The predicted molar refractivity (Wildman–Crippen MR) is 107 cm³/mol. The number of nitrogens with one attached hydrogen (secondary N) is 1. The second-order valence-corrected chi connectivity index (χ2v) is 6.30. The van der Waals surface area contributed by atoms with E-state index in [2.05, 4.69) is 22.1 Å². The van der Waals surface area contributed by atoms with Crippen molar-refractivity contribution < 1.29 is 19.7 Å². The van der Waals surface area contributed by atoms with E-state index >= 15 is 0 Å². The molecule has 0 aliphatic heterocycles. The Morgan fingerprint density at radius 1 is 1.29 bits per heavy atom. The molecule has 0 aliphatic carbocycles. The first kappa shape index (κ1) is 19.5. The van der Waals surface area contributed by atoms with E-state index in [9.17, 15) is 9.90 Å². The molecule has 0 radical (unpaired) electrons. The number of ether oxygens (including phenoxy) is 1. The normalized spacial score (nSPS) is 10.2. The number of benzene rings is 2. The van der Waals surface area contributed by atoms with E-state index in [0.29, 0.717) is 27.2 Å². The van der Waals surface area contributed by atoms with Gasteiger partial charge in [-0.2, -0.15) is 0 Å². The molecule has 3 rings (SSSR count). The number of aliphatic hydroxyl groups excluding tert-OH is 1. The predicted octanol–water partition coefficient (Wildman–Crippen LogP) is 2.88. The summed E-state index contributed by atoms with van der Waals surface area (Å²) in [5, 5.41) is 23.2. The Labute approximate surface area is 166 Å². The Morgan fingerprint density at radius 2 is 2.04 bits per heavy atom. The molecule has 0 saturated heterocycles. The third-order valence-electron chi connectivity index (χ3n) is 4.05. The summed E-state index contributed by atoms with van der Waals surface area (Å²) in [6.07, 6.45) is 1.30. The minimum atomic E-state index is -0.465. The molecular weight excluding hydrogens is 380 g/mol. The highest BCUT2D eigenvalue weighted by Gasteiger charge is 2.17. The van der Waals surface area contributed by atoms with Crippen molar-refractivity contribution in [3.05, 3.63) is 64.3 Å². The van der Waals surface area contributed by atoms with E-state index in [1.54, 1.807) is 36.4 Å². The highest BCUT2D eigenvalue weighted by atomic mass is 35.5. The number of pyridine rings is 1. The molecule has 142 valence electrons. The van der Waals surface area contributed by atoms with Crippen LogP contribution in [-0.2, 0) is 6.54 Å². The smallest absolute Gasteiger partial charge is 0.256 e. The zero-order chi connectivity index (χ0) is 20.1. The van der Waals surface area contributed by atoms with Gasteiger partial charge in [-0.15, -0.1) is 0 Å². The van der Waals surface area contributed by atoms with Crippen molar-refractivity contribution in [3.63, 3.8) is 0 Å². The third kappa shape index (κ3) is 4.17. The number of fused-ring (bicyclic) bond motifs is 1. The molecule has 0 saturated carbocycles. The first-order chi connectivity index (χ1) is 13.5.